The van der Waals surface area contributed by atoms with Gasteiger partial charge in [0.1, 0.15) is 16.3 Å². The highest BCUT2D eigenvalue weighted by Crippen LogP contribution is 2.29. The van der Waals surface area contributed by atoms with Gasteiger partial charge >= 0.3 is 5.97 Å². The normalized spacial score (nSPS) is 10.4. The highest BCUT2D eigenvalue weighted by Gasteiger charge is 2.19. The van der Waals surface area contributed by atoms with Gasteiger partial charge in [-0.05, 0) is 29.7 Å². The zero-order valence-electron chi connectivity index (χ0n) is 14.1. The van der Waals surface area contributed by atoms with Gasteiger partial charge in [-0.2, -0.15) is 0 Å². The molecule has 0 radical (unpaired) electrons. The number of nitrogens with one attached hydrogen (secondary N) is 1. The molecule has 0 aliphatic rings. The number of methoxy groups -OCH3 is 1. The summed E-state index contributed by atoms with van der Waals surface area (Å²) in [5, 5.41) is 14.4. The van der Waals surface area contributed by atoms with Gasteiger partial charge < -0.3 is 14.8 Å². The minimum Gasteiger partial charge on any atom is -0.496 e. The summed E-state index contributed by atoms with van der Waals surface area (Å²) in [6.07, 6.45) is 0. The number of amides is 1. The Labute approximate surface area is 157 Å². The lowest BCUT2D eigenvalue weighted by atomic mass is 10.2. The van der Waals surface area contributed by atoms with Crippen molar-refractivity contribution in [2.45, 2.75) is 0 Å². The van der Waals surface area contributed by atoms with Crippen molar-refractivity contribution in [1.82, 2.24) is 0 Å². The van der Waals surface area contributed by atoms with Crippen molar-refractivity contribution >= 4 is 44.7 Å². The summed E-state index contributed by atoms with van der Waals surface area (Å²) in [5.74, 6) is -1.02. The van der Waals surface area contributed by atoms with Crippen LogP contribution in [0.5, 0.6) is 5.75 Å². The number of benzene rings is 2. The third-order valence-corrected chi connectivity index (χ3v) is 4.73. The van der Waals surface area contributed by atoms with Crippen LogP contribution in [0.2, 0.25) is 0 Å². The molecule has 9 heteroatoms. The Hall–Kier alpha value is -3.46. The molecule has 1 N–H and O–H groups in total. The van der Waals surface area contributed by atoms with Crippen LogP contribution < -0.4 is 10.1 Å². The fraction of sp³-hybridized carbons (Fsp3) is 0.111. The second kappa shape index (κ2) is 7.83. The van der Waals surface area contributed by atoms with Crippen LogP contribution in [-0.2, 0) is 9.53 Å². The van der Waals surface area contributed by atoms with Crippen molar-refractivity contribution in [3.05, 3.63) is 63.5 Å². The van der Waals surface area contributed by atoms with E-state index >= 15 is 0 Å². The molecule has 0 saturated carbocycles. The van der Waals surface area contributed by atoms with Crippen LogP contribution >= 0.6 is 11.3 Å². The second-order valence-corrected chi connectivity index (χ2v) is 6.50. The number of carbonyl (C=O) groups is 2. The molecule has 138 valence electrons. The molecule has 0 aliphatic heterocycles. The molecule has 3 rings (SSSR count). The van der Waals surface area contributed by atoms with Crippen molar-refractivity contribution in [3.8, 4) is 5.75 Å². The number of anilines is 1. The molecule has 1 heterocycles. The van der Waals surface area contributed by atoms with Gasteiger partial charge in [-0.15, -0.1) is 11.3 Å². The van der Waals surface area contributed by atoms with Crippen molar-refractivity contribution in [2.75, 3.05) is 19.0 Å². The highest BCUT2D eigenvalue weighted by atomic mass is 32.1. The molecular formula is C18H14N2O6S. The van der Waals surface area contributed by atoms with Crippen molar-refractivity contribution in [3.63, 3.8) is 0 Å². The van der Waals surface area contributed by atoms with E-state index in [-0.39, 0.29) is 17.1 Å². The zero-order valence-corrected chi connectivity index (χ0v) is 14.9. The average molecular weight is 386 g/mol. The molecule has 27 heavy (non-hydrogen) atoms. The van der Waals surface area contributed by atoms with Gasteiger partial charge in [-0.1, -0.05) is 18.2 Å². The van der Waals surface area contributed by atoms with E-state index in [1.54, 1.807) is 6.07 Å². The number of hydrogen-bond acceptors (Lipinski definition) is 7. The second-order valence-electron chi connectivity index (χ2n) is 5.41. The number of rotatable bonds is 6. The molecule has 0 atom stereocenters. The summed E-state index contributed by atoms with van der Waals surface area (Å²) in [7, 11) is 1.38. The average Bonchev–Trinajstić information content (AvgIpc) is 3.10. The summed E-state index contributed by atoms with van der Waals surface area (Å²) in [6, 6.07) is 13.2. The van der Waals surface area contributed by atoms with Crippen molar-refractivity contribution < 1.29 is 24.0 Å². The van der Waals surface area contributed by atoms with E-state index in [1.165, 1.54) is 36.6 Å². The van der Waals surface area contributed by atoms with Crippen LogP contribution in [-0.4, -0.2) is 30.5 Å². The summed E-state index contributed by atoms with van der Waals surface area (Å²) in [5.41, 5.74) is -0.331. The van der Waals surface area contributed by atoms with Gasteiger partial charge in [0, 0.05) is 4.70 Å². The monoisotopic (exact) mass is 386 g/mol. The third kappa shape index (κ3) is 4.21. The molecule has 0 unspecified atom stereocenters. The first-order chi connectivity index (χ1) is 13.0. The van der Waals surface area contributed by atoms with Gasteiger partial charge in [-0.25, -0.2) is 4.79 Å². The topological polar surface area (TPSA) is 108 Å². The minimum absolute atomic E-state index is 0.0105. The van der Waals surface area contributed by atoms with Gasteiger partial charge in [0.25, 0.3) is 11.6 Å². The lowest BCUT2D eigenvalue weighted by molar-refractivity contribution is -0.384. The Bertz CT molecular complexity index is 997. The fourth-order valence-electron chi connectivity index (χ4n) is 2.37. The predicted molar refractivity (Wildman–Crippen MR) is 100 cm³/mol. The standard InChI is InChI=1S/C18H14N2O6S/c1-25-12-6-7-13(14(9-12)20(23)24)19-17(21)10-26-18(22)16-8-11-4-2-3-5-15(11)27-16/h2-9H,10H2,1H3,(H,19,21). The maximum atomic E-state index is 12.1. The largest absolute Gasteiger partial charge is 0.496 e. The Morgan fingerprint density at radius 2 is 1.96 bits per heavy atom. The molecular weight excluding hydrogens is 372 g/mol. The molecule has 0 fully saturated rings. The number of fused-ring (bicyclic) bond motifs is 1. The van der Waals surface area contributed by atoms with Gasteiger partial charge in [-0.3, -0.25) is 14.9 Å². The summed E-state index contributed by atoms with van der Waals surface area (Å²) >= 11 is 1.26. The zero-order chi connectivity index (χ0) is 19.4. The lowest BCUT2D eigenvalue weighted by Crippen LogP contribution is -2.21. The van der Waals surface area contributed by atoms with E-state index < -0.39 is 23.4 Å². The summed E-state index contributed by atoms with van der Waals surface area (Å²) in [6.45, 7) is -0.559. The van der Waals surface area contributed by atoms with Crippen molar-refractivity contribution in [2.24, 2.45) is 0 Å². The Morgan fingerprint density at radius 3 is 2.67 bits per heavy atom. The quantitative estimate of drug-likeness (QED) is 0.394. The van der Waals surface area contributed by atoms with E-state index in [2.05, 4.69) is 5.32 Å². The fourth-order valence-corrected chi connectivity index (χ4v) is 3.32. The summed E-state index contributed by atoms with van der Waals surface area (Å²) in [4.78, 5) is 35.0. The number of ether oxygens (including phenoxy) is 2. The molecule has 0 bridgehead atoms. The molecule has 2 aromatic carbocycles. The first kappa shape index (κ1) is 18.3. The third-order valence-electron chi connectivity index (χ3n) is 3.64. The number of nitro groups is 1. The minimum atomic E-state index is -0.683. The van der Waals surface area contributed by atoms with E-state index in [0.29, 0.717) is 4.88 Å². The molecule has 1 aromatic heterocycles. The van der Waals surface area contributed by atoms with Crippen LogP contribution in [0.25, 0.3) is 10.1 Å². The number of nitro benzene ring substituents is 1. The van der Waals surface area contributed by atoms with Crippen LogP contribution in [0.1, 0.15) is 9.67 Å². The predicted octanol–water partition coefficient (Wildman–Crippen LogP) is 3.61. The highest BCUT2D eigenvalue weighted by molar-refractivity contribution is 7.20. The SMILES string of the molecule is COc1ccc(NC(=O)COC(=O)c2cc3ccccc3s2)c([N+](=O)[O-])c1. The summed E-state index contributed by atoms with van der Waals surface area (Å²) < 4.78 is 10.9. The number of carbonyl (C=O) groups excluding carboxylic acids is 2. The van der Waals surface area contributed by atoms with Gasteiger partial charge in [0.15, 0.2) is 6.61 Å². The lowest BCUT2D eigenvalue weighted by Gasteiger charge is -2.08. The molecule has 0 saturated heterocycles. The molecule has 1 amide bonds. The van der Waals surface area contributed by atoms with E-state index in [1.807, 2.05) is 24.3 Å². The maximum Gasteiger partial charge on any atom is 0.348 e. The molecule has 8 nitrogen and oxygen atoms in total. The number of esters is 1. The van der Waals surface area contributed by atoms with Crippen molar-refractivity contribution in [1.29, 1.82) is 0 Å². The van der Waals surface area contributed by atoms with Crippen LogP contribution in [0.15, 0.2) is 48.5 Å². The Morgan fingerprint density at radius 1 is 1.19 bits per heavy atom. The Kier molecular flexibility index (Phi) is 5.32. The first-order valence-electron chi connectivity index (χ1n) is 7.76. The molecule has 0 aliphatic carbocycles. The van der Waals surface area contributed by atoms with Gasteiger partial charge in [0.05, 0.1) is 18.1 Å². The first-order valence-corrected chi connectivity index (χ1v) is 8.57. The number of nitrogens with zero attached hydrogens (tertiary/aromatic N) is 1. The smallest absolute Gasteiger partial charge is 0.348 e. The number of hydrogen-bond donors (Lipinski definition) is 1. The van der Waals surface area contributed by atoms with Crippen LogP contribution in [0.4, 0.5) is 11.4 Å². The van der Waals surface area contributed by atoms with E-state index in [4.69, 9.17) is 9.47 Å². The maximum absolute atomic E-state index is 12.1. The Balaban J connectivity index is 1.64. The van der Waals surface area contributed by atoms with Crippen LogP contribution in [0.3, 0.4) is 0 Å². The molecule has 0 spiro atoms. The van der Waals surface area contributed by atoms with Crippen LogP contribution in [0, 0.1) is 10.1 Å². The number of thiophene rings is 1. The van der Waals surface area contributed by atoms with E-state index in [9.17, 15) is 19.7 Å². The van der Waals surface area contributed by atoms with Gasteiger partial charge in [0.2, 0.25) is 0 Å². The molecule has 3 aromatic rings. The van der Waals surface area contributed by atoms with E-state index in [0.717, 1.165) is 10.1 Å².